The topological polar surface area (TPSA) is 141 Å². The lowest BCUT2D eigenvalue weighted by molar-refractivity contribution is -0.155. The van der Waals surface area contributed by atoms with Gasteiger partial charge in [-0.3, -0.25) is 4.79 Å². The molecule has 0 radical (unpaired) electrons. The van der Waals surface area contributed by atoms with E-state index in [4.69, 9.17) is 14.2 Å². The largest absolute Gasteiger partial charge is 0.463 e. The Morgan fingerprint density at radius 2 is 1.85 bits per heavy atom. The number of alkyl carbamates (subject to hydrolysis) is 1. The molecule has 148 valence electrons. The Morgan fingerprint density at radius 1 is 1.19 bits per heavy atom. The average Bonchev–Trinajstić information content (AvgIpc) is 2.89. The van der Waals surface area contributed by atoms with Crippen LogP contribution in [0.5, 0.6) is 0 Å². The smallest absolute Gasteiger partial charge is 0.407 e. The van der Waals surface area contributed by atoms with E-state index in [2.05, 4.69) is 10.1 Å². The molecule has 27 heavy (non-hydrogen) atoms. The molecule has 1 fully saturated rings. The van der Waals surface area contributed by atoms with Gasteiger partial charge in [0.05, 0.1) is 12.7 Å². The molecule has 3 N–H and O–H groups in total. The van der Waals surface area contributed by atoms with Crippen molar-refractivity contribution in [1.82, 2.24) is 5.32 Å². The number of aliphatic hydroxyl groups is 2. The van der Waals surface area contributed by atoms with Crippen LogP contribution in [0.4, 0.5) is 4.79 Å². The van der Waals surface area contributed by atoms with E-state index in [0.29, 0.717) is 0 Å². The van der Waals surface area contributed by atoms with Gasteiger partial charge >= 0.3 is 18.0 Å². The van der Waals surface area contributed by atoms with Crippen LogP contribution in [0, 0.1) is 0 Å². The fourth-order valence-electron chi connectivity index (χ4n) is 2.64. The molecular weight excluding hydrogens is 362 g/mol. The van der Waals surface area contributed by atoms with Crippen LogP contribution in [0.2, 0.25) is 0 Å². The van der Waals surface area contributed by atoms with Gasteiger partial charge in [0.2, 0.25) is 0 Å². The first-order valence-electron chi connectivity index (χ1n) is 8.03. The maximum absolute atomic E-state index is 12.2. The van der Waals surface area contributed by atoms with Gasteiger partial charge in [-0.2, -0.15) is 0 Å². The van der Waals surface area contributed by atoms with Gasteiger partial charge in [-0.05, 0) is 12.1 Å². The third kappa shape index (κ3) is 4.73. The highest BCUT2D eigenvalue weighted by Gasteiger charge is 2.58. The van der Waals surface area contributed by atoms with Gasteiger partial charge in [0.15, 0.2) is 6.29 Å². The van der Waals surface area contributed by atoms with Crippen molar-refractivity contribution in [3.8, 4) is 0 Å². The first-order chi connectivity index (χ1) is 12.8. The van der Waals surface area contributed by atoms with E-state index in [-0.39, 0.29) is 5.56 Å². The molecule has 10 heteroatoms. The molecular formula is C17H21NO9. The number of amides is 1. The lowest BCUT2D eigenvalue weighted by atomic mass is 9.89. The highest BCUT2D eigenvalue weighted by molar-refractivity contribution is 5.89. The molecule has 1 heterocycles. The maximum Gasteiger partial charge on any atom is 0.407 e. The molecule has 0 aliphatic carbocycles. The summed E-state index contributed by atoms with van der Waals surface area (Å²) in [6.45, 7) is 0.184. The summed E-state index contributed by atoms with van der Waals surface area (Å²) in [5.74, 6) is -1.36. The lowest BCUT2D eigenvalue weighted by Crippen LogP contribution is -2.65. The molecule has 0 saturated carbocycles. The summed E-state index contributed by atoms with van der Waals surface area (Å²) in [4.78, 5) is 35.1. The van der Waals surface area contributed by atoms with Crippen molar-refractivity contribution in [2.45, 2.75) is 31.0 Å². The van der Waals surface area contributed by atoms with Crippen molar-refractivity contribution in [2.75, 3.05) is 20.3 Å². The zero-order valence-corrected chi connectivity index (χ0v) is 14.8. The van der Waals surface area contributed by atoms with E-state index in [1.807, 2.05) is 0 Å². The second-order valence-electron chi connectivity index (χ2n) is 5.86. The van der Waals surface area contributed by atoms with Crippen molar-refractivity contribution in [3.05, 3.63) is 35.9 Å². The standard InChI is InChI=1S/C17H21NO9/c1-10(19)25-8-12-17(18-16(23)24-2,13(20)15(22)27-12)9-26-14(21)11-6-4-3-5-7-11/h3-7,12-13,15,20,22H,8-9H2,1-2H3,(H,18,23)/t12-,13+,15?,17+/m1/s1. The second-order valence-corrected chi connectivity index (χ2v) is 5.86. The highest BCUT2D eigenvalue weighted by Crippen LogP contribution is 2.32. The number of rotatable bonds is 6. The van der Waals surface area contributed by atoms with Crippen LogP contribution in [0.15, 0.2) is 30.3 Å². The molecule has 1 aliphatic heterocycles. The molecule has 1 aromatic rings. The van der Waals surface area contributed by atoms with Crippen LogP contribution in [0.25, 0.3) is 0 Å². The summed E-state index contributed by atoms with van der Waals surface area (Å²) >= 11 is 0. The summed E-state index contributed by atoms with van der Waals surface area (Å²) < 4.78 is 19.8. The van der Waals surface area contributed by atoms with E-state index in [0.717, 1.165) is 14.0 Å². The van der Waals surface area contributed by atoms with Crippen LogP contribution in [-0.4, -0.2) is 72.6 Å². The molecule has 0 aromatic heterocycles. The molecule has 1 unspecified atom stereocenters. The monoisotopic (exact) mass is 383 g/mol. The molecule has 2 rings (SSSR count). The van der Waals surface area contributed by atoms with Crippen molar-refractivity contribution in [1.29, 1.82) is 0 Å². The van der Waals surface area contributed by atoms with E-state index >= 15 is 0 Å². The van der Waals surface area contributed by atoms with Crippen LogP contribution < -0.4 is 5.32 Å². The Bertz CT molecular complexity index is 680. The van der Waals surface area contributed by atoms with E-state index < -0.39 is 55.3 Å². The Morgan fingerprint density at radius 3 is 2.44 bits per heavy atom. The second kappa shape index (κ2) is 8.80. The number of hydrogen-bond donors (Lipinski definition) is 3. The lowest BCUT2D eigenvalue weighted by Gasteiger charge is -2.35. The Balaban J connectivity index is 2.24. The average molecular weight is 383 g/mol. The number of benzene rings is 1. The maximum atomic E-state index is 12.2. The quantitative estimate of drug-likeness (QED) is 0.441. The normalized spacial score (nSPS) is 26.9. The first-order valence-corrected chi connectivity index (χ1v) is 8.03. The van der Waals surface area contributed by atoms with Gasteiger partial charge in [-0.1, -0.05) is 18.2 Å². The summed E-state index contributed by atoms with van der Waals surface area (Å²) in [7, 11) is 1.10. The van der Waals surface area contributed by atoms with Crippen molar-refractivity contribution < 1.29 is 43.5 Å². The van der Waals surface area contributed by atoms with Gasteiger partial charge in [-0.25, -0.2) is 9.59 Å². The number of nitrogens with one attached hydrogen (secondary N) is 1. The van der Waals surface area contributed by atoms with Crippen LogP contribution in [-0.2, 0) is 23.7 Å². The molecule has 1 aliphatic rings. The highest BCUT2D eigenvalue weighted by atomic mass is 16.7. The van der Waals surface area contributed by atoms with Crippen molar-refractivity contribution in [3.63, 3.8) is 0 Å². The minimum Gasteiger partial charge on any atom is -0.463 e. The Hall–Kier alpha value is -2.69. The summed E-state index contributed by atoms with van der Waals surface area (Å²) in [6.07, 6.45) is -5.55. The molecule has 0 spiro atoms. The number of hydrogen-bond acceptors (Lipinski definition) is 9. The van der Waals surface area contributed by atoms with Crippen LogP contribution in [0.1, 0.15) is 17.3 Å². The summed E-state index contributed by atoms with van der Waals surface area (Å²) in [5, 5.41) is 22.6. The minimum absolute atomic E-state index is 0.246. The molecule has 10 nitrogen and oxygen atoms in total. The van der Waals surface area contributed by atoms with Crippen LogP contribution in [0.3, 0.4) is 0 Å². The van der Waals surface area contributed by atoms with E-state index in [1.165, 1.54) is 12.1 Å². The van der Waals surface area contributed by atoms with Crippen molar-refractivity contribution in [2.24, 2.45) is 0 Å². The molecule has 1 saturated heterocycles. The first kappa shape index (κ1) is 20.6. The predicted molar refractivity (Wildman–Crippen MR) is 88.5 cm³/mol. The van der Waals surface area contributed by atoms with Gasteiger partial charge < -0.3 is 34.5 Å². The van der Waals surface area contributed by atoms with Gasteiger partial charge in [0, 0.05) is 6.92 Å². The number of methoxy groups -OCH3 is 1. The summed E-state index contributed by atoms with van der Waals surface area (Å²) in [6, 6.07) is 8.04. The van der Waals surface area contributed by atoms with Crippen LogP contribution >= 0.6 is 0 Å². The zero-order chi connectivity index (χ0) is 20.0. The third-order valence-electron chi connectivity index (χ3n) is 4.09. The van der Waals surface area contributed by atoms with E-state index in [1.54, 1.807) is 18.2 Å². The molecule has 1 amide bonds. The number of ether oxygens (including phenoxy) is 4. The van der Waals surface area contributed by atoms with E-state index in [9.17, 15) is 24.6 Å². The van der Waals surface area contributed by atoms with Gasteiger partial charge in [-0.15, -0.1) is 0 Å². The zero-order valence-electron chi connectivity index (χ0n) is 14.8. The summed E-state index contributed by atoms with van der Waals surface area (Å²) in [5.41, 5.74) is -1.55. The van der Waals surface area contributed by atoms with Crippen molar-refractivity contribution >= 4 is 18.0 Å². The van der Waals surface area contributed by atoms with Gasteiger partial charge in [0.25, 0.3) is 0 Å². The molecule has 1 aromatic carbocycles. The van der Waals surface area contributed by atoms with Gasteiger partial charge in [0.1, 0.15) is 31.0 Å². The fourth-order valence-corrected chi connectivity index (χ4v) is 2.64. The predicted octanol–water partition coefficient (Wildman–Crippen LogP) is -0.421. The fraction of sp³-hybridized carbons (Fsp3) is 0.471. The molecule has 4 atom stereocenters. The SMILES string of the molecule is COC(=O)N[C@@]1(COC(=O)c2ccccc2)[C@@H](COC(C)=O)OC(O)[C@@H]1O. The number of carbonyl (C=O) groups excluding carboxylic acids is 3. The third-order valence-corrected chi connectivity index (χ3v) is 4.09. The number of carbonyl (C=O) groups is 3. The Labute approximate surface area is 155 Å². The Kier molecular flexibility index (Phi) is 6.72. The number of aliphatic hydroxyl groups excluding tert-OH is 2. The number of esters is 2. The molecule has 0 bridgehead atoms. The minimum atomic E-state index is -1.80.